The van der Waals surface area contributed by atoms with E-state index in [1.165, 1.54) is 0 Å². The molecule has 0 aliphatic heterocycles. The highest BCUT2D eigenvalue weighted by atomic mass is 35.5. The van der Waals surface area contributed by atoms with E-state index in [0.29, 0.717) is 10.7 Å². The average molecular weight is 287 g/mol. The van der Waals surface area contributed by atoms with Crippen LogP contribution in [0.25, 0.3) is 0 Å². The molecule has 1 unspecified atom stereocenters. The normalized spacial score (nSPS) is 11.7. The van der Waals surface area contributed by atoms with E-state index < -0.39 is 18.0 Å². The van der Waals surface area contributed by atoms with Crippen LogP contribution in [-0.2, 0) is 4.79 Å². The van der Waals surface area contributed by atoms with Crippen LogP contribution in [0.1, 0.15) is 12.0 Å². The molecule has 0 radical (unpaired) electrons. The van der Waals surface area contributed by atoms with E-state index in [0.717, 1.165) is 5.56 Å². The number of amides is 2. The van der Waals surface area contributed by atoms with Crippen LogP contribution in [0.4, 0.5) is 10.5 Å². The highest BCUT2D eigenvalue weighted by molar-refractivity contribution is 6.31. The molecule has 4 N–H and O–H groups in total. The van der Waals surface area contributed by atoms with Crippen LogP contribution >= 0.6 is 11.6 Å². The number of rotatable bonds is 5. The molecule has 0 heterocycles. The van der Waals surface area contributed by atoms with Crippen molar-refractivity contribution in [3.05, 3.63) is 28.8 Å². The van der Waals surface area contributed by atoms with Gasteiger partial charge in [-0.2, -0.15) is 0 Å². The van der Waals surface area contributed by atoms with Gasteiger partial charge in [0.2, 0.25) is 0 Å². The van der Waals surface area contributed by atoms with Crippen LogP contribution < -0.4 is 10.6 Å². The first-order valence-corrected chi connectivity index (χ1v) is 5.99. The van der Waals surface area contributed by atoms with Crippen molar-refractivity contribution >= 4 is 29.3 Å². The number of carbonyl (C=O) groups excluding carboxylic acids is 1. The van der Waals surface area contributed by atoms with Gasteiger partial charge in [0.1, 0.15) is 6.04 Å². The predicted octanol–water partition coefficient (Wildman–Crippen LogP) is 1.61. The van der Waals surface area contributed by atoms with E-state index in [1.807, 2.05) is 6.92 Å². The number of nitrogens with one attached hydrogen (secondary N) is 2. The van der Waals surface area contributed by atoms with Gasteiger partial charge in [0.05, 0.1) is 0 Å². The van der Waals surface area contributed by atoms with Crippen molar-refractivity contribution in [2.45, 2.75) is 19.4 Å². The molecule has 1 aromatic carbocycles. The number of aryl methyl sites for hydroxylation is 1. The van der Waals surface area contributed by atoms with Gasteiger partial charge in [0.15, 0.2) is 0 Å². The topological polar surface area (TPSA) is 98.7 Å². The molecular formula is C12H15ClN2O4. The van der Waals surface area contributed by atoms with Gasteiger partial charge < -0.3 is 20.8 Å². The molecule has 104 valence electrons. The lowest BCUT2D eigenvalue weighted by atomic mass is 10.2. The fourth-order valence-corrected chi connectivity index (χ4v) is 1.56. The Labute approximate surface area is 115 Å². The van der Waals surface area contributed by atoms with Crippen molar-refractivity contribution in [2.75, 3.05) is 11.9 Å². The Balaban J connectivity index is 2.63. The van der Waals surface area contributed by atoms with Crippen molar-refractivity contribution < 1.29 is 19.8 Å². The van der Waals surface area contributed by atoms with E-state index in [9.17, 15) is 9.59 Å². The zero-order valence-electron chi connectivity index (χ0n) is 10.3. The maximum Gasteiger partial charge on any atom is 0.326 e. The number of aliphatic hydroxyl groups is 1. The fraction of sp³-hybridized carbons (Fsp3) is 0.333. The first kappa shape index (κ1) is 15.3. The van der Waals surface area contributed by atoms with E-state index in [1.54, 1.807) is 18.2 Å². The van der Waals surface area contributed by atoms with Crippen molar-refractivity contribution in [3.8, 4) is 0 Å². The van der Waals surface area contributed by atoms with Gasteiger partial charge in [-0.15, -0.1) is 0 Å². The lowest BCUT2D eigenvalue weighted by molar-refractivity contribution is -0.139. The molecule has 0 aliphatic carbocycles. The third-order valence-corrected chi connectivity index (χ3v) is 2.86. The Bertz CT molecular complexity index is 479. The first-order valence-electron chi connectivity index (χ1n) is 5.61. The van der Waals surface area contributed by atoms with Crippen LogP contribution in [0.2, 0.25) is 5.02 Å². The van der Waals surface area contributed by atoms with Crippen molar-refractivity contribution in [3.63, 3.8) is 0 Å². The summed E-state index contributed by atoms with van der Waals surface area (Å²) in [6.45, 7) is 1.50. The summed E-state index contributed by atoms with van der Waals surface area (Å²) in [6.07, 6.45) is -0.0581. The summed E-state index contributed by atoms with van der Waals surface area (Å²) >= 11 is 5.90. The number of aliphatic hydroxyl groups excluding tert-OH is 1. The number of halogens is 1. The summed E-state index contributed by atoms with van der Waals surface area (Å²) in [5.74, 6) is -1.20. The predicted molar refractivity (Wildman–Crippen MR) is 71.5 cm³/mol. The first-order chi connectivity index (χ1) is 8.93. The van der Waals surface area contributed by atoms with E-state index in [2.05, 4.69) is 10.6 Å². The Hall–Kier alpha value is -1.79. The third-order valence-electron chi connectivity index (χ3n) is 2.45. The summed E-state index contributed by atoms with van der Waals surface area (Å²) in [7, 11) is 0. The zero-order chi connectivity index (χ0) is 14.4. The number of benzene rings is 1. The van der Waals surface area contributed by atoms with E-state index >= 15 is 0 Å². The highest BCUT2D eigenvalue weighted by Crippen LogP contribution is 2.19. The molecule has 0 saturated carbocycles. The second kappa shape index (κ2) is 6.96. The number of hydrogen-bond acceptors (Lipinski definition) is 3. The average Bonchev–Trinajstić information content (AvgIpc) is 2.33. The molecule has 0 bridgehead atoms. The standard InChI is InChI=1S/C12H15ClN2O4/c1-7-2-3-8(6-9(7)13)14-12(19)15-10(4-5-16)11(17)18/h2-3,6,10,16H,4-5H2,1H3,(H,17,18)(H2,14,15,19). The van der Waals surface area contributed by atoms with Crippen molar-refractivity contribution in [2.24, 2.45) is 0 Å². The van der Waals surface area contributed by atoms with Gasteiger partial charge in [-0.3, -0.25) is 0 Å². The minimum atomic E-state index is -1.20. The van der Waals surface area contributed by atoms with Crippen molar-refractivity contribution in [1.29, 1.82) is 0 Å². The minimum absolute atomic E-state index is 0.0581. The minimum Gasteiger partial charge on any atom is -0.480 e. The van der Waals surface area contributed by atoms with Crippen molar-refractivity contribution in [1.82, 2.24) is 5.32 Å². The summed E-state index contributed by atoms with van der Waals surface area (Å²) in [4.78, 5) is 22.4. The quantitative estimate of drug-likeness (QED) is 0.661. The molecule has 2 amide bonds. The summed E-state index contributed by atoms with van der Waals surface area (Å²) in [6, 6.07) is 3.16. The Kier molecular flexibility index (Phi) is 5.59. The monoisotopic (exact) mass is 286 g/mol. The van der Waals surface area contributed by atoms with Crippen LogP contribution in [-0.4, -0.2) is 34.9 Å². The maximum atomic E-state index is 11.6. The number of anilines is 1. The number of carbonyl (C=O) groups is 2. The third kappa shape index (κ3) is 4.76. The largest absolute Gasteiger partial charge is 0.480 e. The number of urea groups is 1. The van der Waals surface area contributed by atoms with Crippen LogP contribution in [0.15, 0.2) is 18.2 Å². The zero-order valence-corrected chi connectivity index (χ0v) is 11.1. The Morgan fingerprint density at radius 1 is 1.42 bits per heavy atom. The maximum absolute atomic E-state index is 11.6. The molecule has 0 fully saturated rings. The van der Waals surface area contributed by atoms with Crippen LogP contribution in [0.3, 0.4) is 0 Å². The van der Waals surface area contributed by atoms with E-state index in [4.69, 9.17) is 21.8 Å². The number of aliphatic carboxylic acids is 1. The van der Waals surface area contributed by atoms with Crippen LogP contribution in [0.5, 0.6) is 0 Å². The van der Waals surface area contributed by atoms with Gasteiger partial charge in [-0.05, 0) is 24.6 Å². The molecule has 19 heavy (non-hydrogen) atoms. The molecule has 1 atom stereocenters. The molecule has 0 spiro atoms. The van der Waals surface area contributed by atoms with E-state index in [-0.39, 0.29) is 13.0 Å². The molecule has 1 aromatic rings. The second-order valence-electron chi connectivity index (χ2n) is 3.97. The molecule has 0 aromatic heterocycles. The SMILES string of the molecule is Cc1ccc(NC(=O)NC(CCO)C(=O)O)cc1Cl. The molecule has 0 saturated heterocycles. The van der Waals surface area contributed by atoms with Gasteiger partial charge in [0, 0.05) is 23.7 Å². The molecule has 0 aliphatic rings. The Morgan fingerprint density at radius 3 is 2.63 bits per heavy atom. The number of carboxylic acid groups (broad SMARTS) is 1. The second-order valence-corrected chi connectivity index (χ2v) is 4.37. The summed E-state index contributed by atoms with van der Waals surface area (Å²) in [5, 5.41) is 22.8. The van der Waals surface area contributed by atoms with Gasteiger partial charge >= 0.3 is 12.0 Å². The van der Waals surface area contributed by atoms with Gasteiger partial charge in [-0.25, -0.2) is 9.59 Å². The lowest BCUT2D eigenvalue weighted by Crippen LogP contribution is -2.43. The Morgan fingerprint density at radius 2 is 2.11 bits per heavy atom. The smallest absolute Gasteiger partial charge is 0.326 e. The molecule has 6 nitrogen and oxygen atoms in total. The lowest BCUT2D eigenvalue weighted by Gasteiger charge is -2.14. The molecule has 7 heteroatoms. The van der Waals surface area contributed by atoms with Gasteiger partial charge in [0.25, 0.3) is 0 Å². The van der Waals surface area contributed by atoms with Gasteiger partial charge in [-0.1, -0.05) is 17.7 Å². The fourth-order valence-electron chi connectivity index (χ4n) is 1.38. The summed E-state index contributed by atoms with van der Waals surface area (Å²) in [5.41, 5.74) is 1.33. The highest BCUT2D eigenvalue weighted by Gasteiger charge is 2.19. The summed E-state index contributed by atoms with van der Waals surface area (Å²) < 4.78 is 0. The molecular weight excluding hydrogens is 272 g/mol. The number of carboxylic acids is 1. The van der Waals surface area contributed by atoms with Crippen LogP contribution in [0, 0.1) is 6.92 Å². The molecule has 1 rings (SSSR count). The number of hydrogen-bond donors (Lipinski definition) is 4.